The van der Waals surface area contributed by atoms with Crippen molar-refractivity contribution in [2.45, 2.75) is 26.3 Å². The van der Waals surface area contributed by atoms with Crippen molar-refractivity contribution in [1.29, 1.82) is 0 Å². The van der Waals surface area contributed by atoms with Crippen molar-refractivity contribution in [2.75, 3.05) is 7.05 Å². The Bertz CT molecular complexity index is 475. The van der Waals surface area contributed by atoms with Crippen LogP contribution in [0.5, 0.6) is 0 Å². The lowest BCUT2D eigenvalue weighted by atomic mass is 10.0. The Morgan fingerprint density at radius 2 is 2.15 bits per heavy atom. The highest BCUT2D eigenvalue weighted by Crippen LogP contribution is 2.07. The van der Waals surface area contributed by atoms with E-state index in [2.05, 4.69) is 10.3 Å². The number of amides is 3. The number of carbonyl (C=O) groups excluding carboxylic acids is 2. The van der Waals surface area contributed by atoms with Gasteiger partial charge >= 0.3 is 12.0 Å². The summed E-state index contributed by atoms with van der Waals surface area (Å²) in [4.78, 5) is 39.2. The van der Waals surface area contributed by atoms with Crippen LogP contribution in [0.3, 0.4) is 0 Å². The lowest BCUT2D eigenvalue weighted by molar-refractivity contribution is -0.138. The lowest BCUT2D eigenvalue weighted by Crippen LogP contribution is -2.40. The van der Waals surface area contributed by atoms with Gasteiger partial charge in [0.05, 0.1) is 17.7 Å². The van der Waals surface area contributed by atoms with E-state index in [1.807, 2.05) is 5.38 Å². The number of carboxylic acid groups (broad SMARTS) is 1. The Labute approximate surface area is 120 Å². The summed E-state index contributed by atoms with van der Waals surface area (Å²) in [6, 6.07) is -0.523. The van der Waals surface area contributed by atoms with E-state index in [4.69, 9.17) is 5.11 Å². The first-order valence-corrected chi connectivity index (χ1v) is 6.96. The molecule has 0 bridgehead atoms. The summed E-state index contributed by atoms with van der Waals surface area (Å²) in [6.07, 6.45) is -0.0984. The highest BCUT2D eigenvalue weighted by molar-refractivity contribution is 7.07. The van der Waals surface area contributed by atoms with E-state index >= 15 is 0 Å². The van der Waals surface area contributed by atoms with Crippen molar-refractivity contribution in [1.82, 2.24) is 15.2 Å². The monoisotopic (exact) mass is 299 g/mol. The molecule has 1 aromatic rings. The van der Waals surface area contributed by atoms with Crippen LogP contribution < -0.4 is 5.32 Å². The second-order valence-electron chi connectivity index (χ2n) is 4.60. The number of carboxylic acids is 1. The van der Waals surface area contributed by atoms with Crippen LogP contribution in [0.25, 0.3) is 0 Å². The third-order valence-corrected chi connectivity index (χ3v) is 3.17. The average molecular weight is 299 g/mol. The molecule has 0 saturated carbocycles. The number of thiazole rings is 1. The van der Waals surface area contributed by atoms with Crippen molar-refractivity contribution in [3.8, 4) is 0 Å². The van der Waals surface area contributed by atoms with Gasteiger partial charge in [0.2, 0.25) is 5.91 Å². The van der Waals surface area contributed by atoms with Gasteiger partial charge in [-0.25, -0.2) is 9.78 Å². The Hall–Kier alpha value is -1.96. The molecule has 0 saturated heterocycles. The van der Waals surface area contributed by atoms with Gasteiger partial charge in [-0.2, -0.15) is 0 Å². The molecule has 1 heterocycles. The maximum absolute atomic E-state index is 11.7. The molecule has 1 aromatic heterocycles. The Kier molecular flexibility index (Phi) is 6.10. The van der Waals surface area contributed by atoms with Crippen molar-refractivity contribution in [2.24, 2.45) is 5.92 Å². The predicted octanol–water partition coefficient (Wildman–Crippen LogP) is 1.31. The standard InChI is InChI=1S/C12H17N3O4S/c1-8(4-11(17)18)3-10(16)14-12(19)15(2)5-9-6-20-7-13-9/h6-8H,3-5H2,1-2H3,(H,17,18)(H,14,16,19). The molecule has 1 unspecified atom stereocenters. The molecule has 1 atom stereocenters. The zero-order valence-corrected chi connectivity index (χ0v) is 12.1. The molecule has 0 aliphatic rings. The minimum atomic E-state index is -0.961. The maximum Gasteiger partial charge on any atom is 0.324 e. The van der Waals surface area contributed by atoms with Crippen molar-refractivity contribution < 1.29 is 19.5 Å². The summed E-state index contributed by atoms with van der Waals surface area (Å²) in [6.45, 7) is 1.96. The van der Waals surface area contributed by atoms with Crippen LogP contribution in [0.15, 0.2) is 10.9 Å². The first kappa shape index (κ1) is 16.1. The number of urea groups is 1. The second kappa shape index (κ2) is 7.59. The number of aromatic nitrogens is 1. The van der Waals surface area contributed by atoms with Gasteiger partial charge in [0.1, 0.15) is 0 Å². The molecule has 0 fully saturated rings. The van der Waals surface area contributed by atoms with E-state index < -0.39 is 17.9 Å². The number of hydrogen-bond acceptors (Lipinski definition) is 5. The molecule has 0 aliphatic carbocycles. The van der Waals surface area contributed by atoms with E-state index in [1.165, 1.54) is 16.2 Å². The molecule has 0 radical (unpaired) electrons. The predicted molar refractivity (Wildman–Crippen MR) is 73.2 cm³/mol. The first-order chi connectivity index (χ1) is 9.38. The SMILES string of the molecule is CC(CC(=O)O)CC(=O)NC(=O)N(C)Cc1cscn1. The lowest BCUT2D eigenvalue weighted by Gasteiger charge is -2.16. The summed E-state index contributed by atoms with van der Waals surface area (Å²) < 4.78 is 0. The molecule has 3 amide bonds. The van der Waals surface area contributed by atoms with Crippen LogP contribution in [0.1, 0.15) is 25.5 Å². The number of nitrogens with one attached hydrogen (secondary N) is 1. The average Bonchev–Trinajstić information content (AvgIpc) is 2.79. The van der Waals surface area contributed by atoms with E-state index in [0.717, 1.165) is 5.69 Å². The molecule has 0 aromatic carbocycles. The molecule has 20 heavy (non-hydrogen) atoms. The minimum Gasteiger partial charge on any atom is -0.481 e. The molecule has 0 aliphatic heterocycles. The zero-order chi connectivity index (χ0) is 15.1. The highest BCUT2D eigenvalue weighted by atomic mass is 32.1. The van der Waals surface area contributed by atoms with Gasteiger partial charge in [0.25, 0.3) is 0 Å². The van der Waals surface area contributed by atoms with Crippen LogP contribution in [0.2, 0.25) is 0 Å². The van der Waals surface area contributed by atoms with Gasteiger partial charge in [-0.1, -0.05) is 6.92 Å². The van der Waals surface area contributed by atoms with E-state index in [1.54, 1.807) is 19.5 Å². The summed E-state index contributed by atoms with van der Waals surface area (Å²) in [5, 5.41) is 12.6. The largest absolute Gasteiger partial charge is 0.481 e. The Morgan fingerprint density at radius 1 is 1.45 bits per heavy atom. The molecule has 8 heteroatoms. The second-order valence-corrected chi connectivity index (χ2v) is 5.32. The van der Waals surface area contributed by atoms with Crippen LogP contribution in [0.4, 0.5) is 4.79 Å². The molecule has 0 spiro atoms. The highest BCUT2D eigenvalue weighted by Gasteiger charge is 2.17. The first-order valence-electron chi connectivity index (χ1n) is 6.02. The quantitative estimate of drug-likeness (QED) is 0.825. The molecule has 2 N–H and O–H groups in total. The smallest absolute Gasteiger partial charge is 0.324 e. The van der Waals surface area contributed by atoms with Gasteiger partial charge in [0, 0.05) is 25.3 Å². The molecule has 1 rings (SSSR count). The number of carbonyl (C=O) groups is 3. The topological polar surface area (TPSA) is 99.6 Å². The number of nitrogens with zero attached hydrogens (tertiary/aromatic N) is 2. The molecular weight excluding hydrogens is 282 g/mol. The van der Waals surface area contributed by atoms with Gasteiger partial charge in [-0.15, -0.1) is 11.3 Å². The fraction of sp³-hybridized carbons (Fsp3) is 0.500. The summed E-state index contributed by atoms with van der Waals surface area (Å²) in [7, 11) is 1.56. The Balaban J connectivity index is 2.37. The fourth-order valence-electron chi connectivity index (χ4n) is 1.58. The summed E-state index contributed by atoms with van der Waals surface area (Å²) >= 11 is 1.43. The molecular formula is C12H17N3O4S. The van der Waals surface area contributed by atoms with Gasteiger partial charge < -0.3 is 10.0 Å². The Morgan fingerprint density at radius 3 is 2.70 bits per heavy atom. The van der Waals surface area contributed by atoms with Crippen LogP contribution in [-0.2, 0) is 16.1 Å². The van der Waals surface area contributed by atoms with Gasteiger partial charge in [-0.05, 0) is 5.92 Å². The van der Waals surface area contributed by atoms with Crippen LogP contribution in [-0.4, -0.2) is 39.9 Å². The van der Waals surface area contributed by atoms with Gasteiger partial charge in [-0.3, -0.25) is 14.9 Å². The fourth-order valence-corrected chi connectivity index (χ4v) is 2.13. The van der Waals surface area contributed by atoms with Crippen molar-refractivity contribution in [3.63, 3.8) is 0 Å². The number of rotatable bonds is 6. The number of aliphatic carboxylic acids is 1. The normalized spacial score (nSPS) is 11.7. The number of imide groups is 1. The third-order valence-electron chi connectivity index (χ3n) is 2.53. The van der Waals surface area contributed by atoms with E-state index in [0.29, 0.717) is 6.54 Å². The third kappa shape index (κ3) is 5.79. The van der Waals surface area contributed by atoms with Crippen LogP contribution in [0, 0.1) is 5.92 Å². The van der Waals surface area contributed by atoms with Crippen LogP contribution >= 0.6 is 11.3 Å². The van der Waals surface area contributed by atoms with Gasteiger partial charge in [0.15, 0.2) is 0 Å². The van der Waals surface area contributed by atoms with E-state index in [9.17, 15) is 14.4 Å². The van der Waals surface area contributed by atoms with Crippen molar-refractivity contribution in [3.05, 3.63) is 16.6 Å². The maximum atomic E-state index is 11.7. The number of hydrogen-bond donors (Lipinski definition) is 2. The summed E-state index contributed by atoms with van der Waals surface area (Å²) in [5.41, 5.74) is 2.42. The van der Waals surface area contributed by atoms with E-state index in [-0.39, 0.29) is 18.8 Å². The molecule has 7 nitrogen and oxygen atoms in total. The zero-order valence-electron chi connectivity index (χ0n) is 11.3. The van der Waals surface area contributed by atoms with Crippen molar-refractivity contribution >= 4 is 29.2 Å². The minimum absolute atomic E-state index is 0.00256. The molecule has 110 valence electrons. The summed E-state index contributed by atoms with van der Waals surface area (Å²) in [5.74, 6) is -1.75.